The van der Waals surface area contributed by atoms with Crippen LogP contribution in [0.2, 0.25) is 0 Å². The van der Waals surface area contributed by atoms with Gasteiger partial charge in [0.05, 0.1) is 3.57 Å². The van der Waals surface area contributed by atoms with Gasteiger partial charge in [-0.15, -0.1) is 0 Å². The second-order valence-corrected chi connectivity index (χ2v) is 7.36. The molecule has 1 aromatic rings. The average molecular weight is 479 g/mol. The summed E-state index contributed by atoms with van der Waals surface area (Å²) >= 11 is 5.28. The zero-order valence-corrected chi connectivity index (χ0v) is 15.1. The largest absolute Gasteiger partial charge is 0.506 e. The lowest BCUT2D eigenvalue weighted by Gasteiger charge is -2.32. The Bertz CT molecular complexity index is 669. The summed E-state index contributed by atoms with van der Waals surface area (Å²) in [6.07, 6.45) is 4.11. The van der Waals surface area contributed by atoms with Crippen molar-refractivity contribution in [3.63, 3.8) is 0 Å². The summed E-state index contributed by atoms with van der Waals surface area (Å²) < 4.78 is 12.0. The maximum atomic E-state index is 12.2. The van der Waals surface area contributed by atoms with Crippen molar-refractivity contribution in [1.29, 1.82) is 0 Å². The van der Waals surface area contributed by atoms with Gasteiger partial charge >= 0.3 is 11.9 Å². The summed E-state index contributed by atoms with van der Waals surface area (Å²) in [5.74, 6) is -2.49. The topological polar surface area (TPSA) is 72.8 Å². The van der Waals surface area contributed by atoms with Crippen LogP contribution in [0.3, 0.4) is 0 Å². The number of hydrogen-bond acceptors (Lipinski definition) is 5. The summed E-state index contributed by atoms with van der Waals surface area (Å²) in [5.41, 5.74) is 0.145. The first-order valence-electron chi connectivity index (χ1n) is 6.77. The minimum Gasteiger partial charge on any atom is -0.506 e. The maximum Gasteiger partial charge on any atom is 0.348 e. The zero-order valence-electron chi connectivity index (χ0n) is 11.4. The highest BCUT2D eigenvalue weighted by atomic mass is 127. The van der Waals surface area contributed by atoms with Gasteiger partial charge in [0.2, 0.25) is 0 Å². The molecule has 0 aromatic heterocycles. The molecule has 1 aliphatic carbocycles. The van der Waals surface area contributed by atoms with Gasteiger partial charge in [-0.25, -0.2) is 9.59 Å². The van der Waals surface area contributed by atoms with E-state index in [0.29, 0.717) is 22.0 Å². The number of phenols is 1. The summed E-state index contributed by atoms with van der Waals surface area (Å²) in [4.78, 5) is 24.3. The van der Waals surface area contributed by atoms with Crippen LogP contribution in [0.5, 0.6) is 5.75 Å². The molecular formula is C15H12BrIO5. The van der Waals surface area contributed by atoms with Crippen LogP contribution in [0.25, 0.3) is 6.08 Å². The Morgan fingerprint density at radius 3 is 2.36 bits per heavy atom. The molecule has 3 rings (SSSR count). The number of hydrogen-bond donors (Lipinski definition) is 1. The first-order chi connectivity index (χ1) is 10.4. The molecule has 22 heavy (non-hydrogen) atoms. The van der Waals surface area contributed by atoms with Gasteiger partial charge in [0, 0.05) is 22.9 Å². The molecular weight excluding hydrogens is 467 g/mol. The molecule has 1 aromatic carbocycles. The number of ether oxygens (including phenoxy) is 2. The number of aromatic hydroxyl groups is 1. The van der Waals surface area contributed by atoms with E-state index in [1.807, 2.05) is 22.6 Å². The van der Waals surface area contributed by atoms with Gasteiger partial charge in [0.1, 0.15) is 11.3 Å². The van der Waals surface area contributed by atoms with Gasteiger partial charge in [0.25, 0.3) is 5.79 Å². The molecule has 1 aliphatic heterocycles. The third kappa shape index (κ3) is 2.88. The molecule has 0 bridgehead atoms. The van der Waals surface area contributed by atoms with Crippen LogP contribution < -0.4 is 0 Å². The van der Waals surface area contributed by atoms with Crippen LogP contribution in [0.1, 0.15) is 31.2 Å². The summed E-state index contributed by atoms with van der Waals surface area (Å²) in [6.45, 7) is 0. The van der Waals surface area contributed by atoms with Gasteiger partial charge in [-0.2, -0.15) is 0 Å². The lowest BCUT2D eigenvalue weighted by molar-refractivity contribution is -0.232. The maximum absolute atomic E-state index is 12.2. The van der Waals surface area contributed by atoms with E-state index in [2.05, 4.69) is 15.9 Å². The first-order valence-corrected chi connectivity index (χ1v) is 8.64. The molecule has 2 aliphatic rings. The summed E-state index contributed by atoms with van der Waals surface area (Å²) in [6, 6.07) is 3.34. The fourth-order valence-corrected chi connectivity index (χ4v) is 4.19. The number of carbonyl (C=O) groups excluding carboxylic acids is 2. The second kappa shape index (κ2) is 5.84. The Kier molecular flexibility index (Phi) is 4.19. The van der Waals surface area contributed by atoms with Gasteiger partial charge in [-0.05, 0) is 53.6 Å². The van der Waals surface area contributed by atoms with Gasteiger partial charge in [-0.1, -0.05) is 15.9 Å². The van der Waals surface area contributed by atoms with Gasteiger partial charge in [-0.3, -0.25) is 0 Å². The fourth-order valence-electron chi connectivity index (χ4n) is 2.64. The van der Waals surface area contributed by atoms with E-state index in [0.717, 1.165) is 17.3 Å². The van der Waals surface area contributed by atoms with Crippen LogP contribution >= 0.6 is 38.5 Å². The molecule has 0 radical (unpaired) electrons. The lowest BCUT2D eigenvalue weighted by Crippen LogP contribution is -2.44. The summed E-state index contributed by atoms with van der Waals surface area (Å²) in [7, 11) is 0. The normalized spacial score (nSPS) is 20.0. The number of esters is 2. The molecule has 0 unspecified atom stereocenters. The monoisotopic (exact) mass is 478 g/mol. The third-order valence-electron chi connectivity index (χ3n) is 3.72. The molecule has 1 saturated carbocycles. The van der Waals surface area contributed by atoms with E-state index in [1.54, 1.807) is 12.1 Å². The number of phenolic OH excluding ortho intramolecular Hbond substituents is 1. The first kappa shape index (κ1) is 15.8. The molecule has 1 heterocycles. The molecule has 7 heteroatoms. The number of rotatable bonds is 1. The highest BCUT2D eigenvalue weighted by Crippen LogP contribution is 2.39. The molecule has 0 atom stereocenters. The number of halogens is 2. The predicted molar refractivity (Wildman–Crippen MR) is 89.9 cm³/mol. The minimum absolute atomic E-state index is 0.00180. The van der Waals surface area contributed by atoms with E-state index >= 15 is 0 Å². The average Bonchev–Trinajstić information content (AvgIpc) is 2.87. The van der Waals surface area contributed by atoms with Crippen molar-refractivity contribution in [3.05, 3.63) is 31.3 Å². The number of carbonyl (C=O) groups is 2. The van der Waals surface area contributed by atoms with E-state index in [4.69, 9.17) is 9.47 Å². The van der Waals surface area contributed by atoms with Crippen molar-refractivity contribution in [2.24, 2.45) is 0 Å². The van der Waals surface area contributed by atoms with E-state index in [9.17, 15) is 14.7 Å². The second-order valence-electron chi connectivity index (χ2n) is 5.28. The SMILES string of the molecule is O=C1OC2(CCCC2)OC(=O)C1=Cc1cc(Br)cc(I)c1O. The molecule has 116 valence electrons. The Morgan fingerprint density at radius 1 is 1.18 bits per heavy atom. The standard InChI is InChI=1S/C15H12BrIO5/c16-9-5-8(12(18)11(17)7-9)6-10-13(19)21-15(22-14(10)20)3-1-2-4-15/h5-7,18H,1-4H2. The van der Waals surface area contributed by atoms with Crippen molar-refractivity contribution < 1.29 is 24.2 Å². The highest BCUT2D eigenvalue weighted by Gasteiger charge is 2.47. The van der Waals surface area contributed by atoms with Gasteiger partial charge in [0.15, 0.2) is 0 Å². The lowest BCUT2D eigenvalue weighted by atomic mass is 10.1. The molecule has 2 fully saturated rings. The van der Waals surface area contributed by atoms with E-state index in [-0.39, 0.29) is 11.3 Å². The van der Waals surface area contributed by atoms with Crippen LogP contribution in [0, 0.1) is 3.57 Å². The quantitative estimate of drug-likeness (QED) is 0.289. The Labute approximate surface area is 148 Å². The van der Waals surface area contributed by atoms with Crippen molar-refractivity contribution >= 4 is 56.5 Å². The van der Waals surface area contributed by atoms with Crippen molar-refractivity contribution in [2.75, 3.05) is 0 Å². The summed E-state index contributed by atoms with van der Waals surface area (Å²) in [5, 5.41) is 10.1. The van der Waals surface area contributed by atoms with Crippen molar-refractivity contribution in [2.45, 2.75) is 31.5 Å². The Morgan fingerprint density at radius 2 is 1.77 bits per heavy atom. The zero-order chi connectivity index (χ0) is 15.9. The van der Waals surface area contributed by atoms with Crippen LogP contribution in [0.15, 0.2) is 22.2 Å². The minimum atomic E-state index is -1.08. The van der Waals surface area contributed by atoms with E-state index in [1.165, 1.54) is 6.08 Å². The fraction of sp³-hybridized carbons (Fsp3) is 0.333. The van der Waals surface area contributed by atoms with Crippen molar-refractivity contribution in [1.82, 2.24) is 0 Å². The molecule has 1 spiro atoms. The van der Waals surface area contributed by atoms with Crippen LogP contribution in [0.4, 0.5) is 0 Å². The molecule has 1 saturated heterocycles. The Balaban J connectivity index is 1.95. The molecule has 1 N–H and O–H groups in total. The molecule has 5 nitrogen and oxygen atoms in total. The van der Waals surface area contributed by atoms with Crippen molar-refractivity contribution in [3.8, 4) is 5.75 Å². The Hall–Kier alpha value is -1.09. The smallest absolute Gasteiger partial charge is 0.348 e. The van der Waals surface area contributed by atoms with E-state index < -0.39 is 17.7 Å². The number of benzene rings is 1. The third-order valence-corrected chi connectivity index (χ3v) is 5.00. The van der Waals surface area contributed by atoms with Crippen LogP contribution in [-0.2, 0) is 19.1 Å². The molecule has 0 amide bonds. The van der Waals surface area contributed by atoms with Crippen LogP contribution in [-0.4, -0.2) is 22.8 Å². The highest BCUT2D eigenvalue weighted by molar-refractivity contribution is 14.1. The van der Waals surface area contributed by atoms with Gasteiger partial charge < -0.3 is 14.6 Å². The predicted octanol–water partition coefficient (Wildman–Crippen LogP) is 3.51.